The van der Waals surface area contributed by atoms with Crippen LogP contribution in [-0.4, -0.2) is 21.3 Å². The lowest BCUT2D eigenvalue weighted by Gasteiger charge is -2.16. The molecule has 2 rings (SSSR count). The Labute approximate surface area is 143 Å². The zero-order valence-electron chi connectivity index (χ0n) is 14.4. The molecule has 0 aliphatic heterocycles. The molecule has 0 saturated carbocycles. The van der Waals surface area contributed by atoms with Crippen molar-refractivity contribution in [3.63, 3.8) is 0 Å². The van der Waals surface area contributed by atoms with Crippen molar-refractivity contribution in [1.29, 1.82) is 0 Å². The first-order valence-electron chi connectivity index (χ1n) is 7.65. The lowest BCUT2D eigenvalue weighted by molar-refractivity contribution is 0.356. The molecule has 0 spiro atoms. The van der Waals surface area contributed by atoms with Gasteiger partial charge in [-0.15, -0.1) is 18.9 Å². The highest BCUT2D eigenvalue weighted by Crippen LogP contribution is 2.40. The molecular weight excluding hydrogens is 300 g/mol. The van der Waals surface area contributed by atoms with Crippen molar-refractivity contribution in [3.8, 4) is 40.7 Å². The van der Waals surface area contributed by atoms with Crippen LogP contribution in [0.15, 0.2) is 43.0 Å². The fraction of sp³-hybridized carbons (Fsp3) is 0.238. The van der Waals surface area contributed by atoms with E-state index >= 15 is 0 Å². The topological polar surface area (TPSA) is 27.7 Å². The molecule has 3 nitrogen and oxygen atoms in total. The maximum atomic E-state index is 5.58. The smallest absolute Gasteiger partial charge is 0.168 e. The first kappa shape index (κ1) is 17.5. The third-order valence-corrected chi connectivity index (χ3v) is 3.80. The summed E-state index contributed by atoms with van der Waals surface area (Å²) in [5, 5.41) is 0. The fourth-order valence-corrected chi connectivity index (χ4v) is 2.72. The van der Waals surface area contributed by atoms with Gasteiger partial charge >= 0.3 is 0 Å². The van der Waals surface area contributed by atoms with E-state index in [4.69, 9.17) is 20.6 Å². The summed E-state index contributed by atoms with van der Waals surface area (Å²) in [6, 6.07) is 9.99. The first-order valence-corrected chi connectivity index (χ1v) is 7.65. The third-order valence-electron chi connectivity index (χ3n) is 3.80. The van der Waals surface area contributed by atoms with Crippen LogP contribution in [0.4, 0.5) is 0 Å². The van der Waals surface area contributed by atoms with Gasteiger partial charge in [-0.3, -0.25) is 0 Å². The van der Waals surface area contributed by atoms with Crippen LogP contribution >= 0.6 is 0 Å². The second-order valence-corrected chi connectivity index (χ2v) is 5.28. The summed E-state index contributed by atoms with van der Waals surface area (Å²) < 4.78 is 16.5. The average molecular weight is 322 g/mol. The van der Waals surface area contributed by atoms with Crippen LogP contribution in [0.5, 0.6) is 17.2 Å². The van der Waals surface area contributed by atoms with Gasteiger partial charge in [0.1, 0.15) is 5.75 Å². The zero-order chi connectivity index (χ0) is 17.5. The predicted molar refractivity (Wildman–Crippen MR) is 98.0 cm³/mol. The van der Waals surface area contributed by atoms with Gasteiger partial charge in [0.25, 0.3) is 0 Å². The summed E-state index contributed by atoms with van der Waals surface area (Å²) >= 11 is 0. The molecule has 0 amide bonds. The molecule has 0 saturated heterocycles. The van der Waals surface area contributed by atoms with E-state index in [0.717, 1.165) is 34.4 Å². The predicted octanol–water partition coefficient (Wildman–Crippen LogP) is 4.28. The van der Waals surface area contributed by atoms with Crippen molar-refractivity contribution in [2.45, 2.75) is 12.8 Å². The quantitative estimate of drug-likeness (QED) is 0.562. The molecule has 124 valence electrons. The van der Waals surface area contributed by atoms with Gasteiger partial charge in [-0.05, 0) is 47.4 Å². The van der Waals surface area contributed by atoms with Crippen LogP contribution in [0.2, 0.25) is 0 Å². The maximum absolute atomic E-state index is 5.58. The van der Waals surface area contributed by atoms with Gasteiger partial charge < -0.3 is 14.2 Å². The van der Waals surface area contributed by atoms with E-state index in [1.165, 1.54) is 0 Å². The van der Waals surface area contributed by atoms with Crippen LogP contribution in [0.1, 0.15) is 11.1 Å². The molecular formula is C21H22O3. The molecule has 0 radical (unpaired) electrons. The molecule has 0 bridgehead atoms. The molecule has 0 fully saturated rings. The minimum Gasteiger partial charge on any atom is -0.496 e. The molecule has 0 aliphatic carbocycles. The molecule has 0 heterocycles. The van der Waals surface area contributed by atoms with Crippen LogP contribution < -0.4 is 14.2 Å². The second-order valence-electron chi connectivity index (χ2n) is 5.28. The van der Waals surface area contributed by atoms with Crippen LogP contribution in [0.25, 0.3) is 11.1 Å². The molecule has 0 unspecified atom stereocenters. The van der Waals surface area contributed by atoms with Gasteiger partial charge in [-0.1, -0.05) is 12.1 Å². The van der Waals surface area contributed by atoms with Gasteiger partial charge in [0.05, 0.1) is 21.3 Å². The summed E-state index contributed by atoms with van der Waals surface area (Å²) in [6.45, 7) is 3.81. The summed E-state index contributed by atoms with van der Waals surface area (Å²) in [5.41, 5.74) is 4.02. The van der Waals surface area contributed by atoms with Crippen molar-refractivity contribution in [2.75, 3.05) is 21.3 Å². The van der Waals surface area contributed by atoms with E-state index in [1.54, 1.807) is 21.3 Å². The normalized spacial score (nSPS) is 9.92. The van der Waals surface area contributed by atoms with Crippen molar-refractivity contribution in [2.24, 2.45) is 0 Å². The number of rotatable bonds is 7. The Kier molecular flexibility index (Phi) is 5.92. The third kappa shape index (κ3) is 3.55. The van der Waals surface area contributed by atoms with E-state index in [1.807, 2.05) is 30.3 Å². The standard InChI is InChI=1S/C21H22O3/c1-6-8-15-12-18(21(24-5)20(13-15)23-4)16-10-11-19(22-3)17(14-16)9-7-2/h1,7,10-14H,2,8-9H2,3-5H3. The van der Waals surface area contributed by atoms with Crippen LogP contribution in [-0.2, 0) is 12.8 Å². The highest BCUT2D eigenvalue weighted by atomic mass is 16.5. The Hall–Kier alpha value is -2.86. The Bertz CT molecular complexity index is 769. The molecule has 0 atom stereocenters. The lowest BCUT2D eigenvalue weighted by Crippen LogP contribution is -1.97. The summed E-state index contributed by atoms with van der Waals surface area (Å²) in [4.78, 5) is 0. The van der Waals surface area contributed by atoms with Gasteiger partial charge in [-0.25, -0.2) is 0 Å². The van der Waals surface area contributed by atoms with Gasteiger partial charge in [-0.2, -0.15) is 0 Å². The Morgan fingerprint density at radius 2 is 1.79 bits per heavy atom. The minimum atomic E-state index is 0.531. The van der Waals surface area contributed by atoms with E-state index in [9.17, 15) is 0 Å². The van der Waals surface area contributed by atoms with Crippen molar-refractivity contribution < 1.29 is 14.2 Å². The Morgan fingerprint density at radius 3 is 2.38 bits per heavy atom. The van der Waals surface area contributed by atoms with E-state index in [-0.39, 0.29) is 0 Å². The molecule has 24 heavy (non-hydrogen) atoms. The van der Waals surface area contributed by atoms with E-state index < -0.39 is 0 Å². The number of ether oxygens (including phenoxy) is 3. The number of allylic oxidation sites excluding steroid dienone is 1. The van der Waals surface area contributed by atoms with Crippen LogP contribution in [0, 0.1) is 12.3 Å². The van der Waals surface area contributed by atoms with Crippen molar-refractivity contribution in [3.05, 3.63) is 54.1 Å². The number of methoxy groups -OCH3 is 3. The highest BCUT2D eigenvalue weighted by molar-refractivity contribution is 5.76. The first-order chi connectivity index (χ1) is 11.7. The van der Waals surface area contributed by atoms with Gasteiger partial charge in [0.2, 0.25) is 0 Å². The SMILES string of the molecule is C#CCc1cc(OC)c(OC)c(-c2ccc(OC)c(CC=C)c2)c1. The summed E-state index contributed by atoms with van der Waals surface area (Å²) in [6.07, 6.45) is 8.57. The molecule has 2 aromatic rings. The van der Waals surface area contributed by atoms with Gasteiger partial charge in [0.15, 0.2) is 11.5 Å². The molecule has 2 aromatic carbocycles. The lowest BCUT2D eigenvalue weighted by atomic mass is 9.97. The fourth-order valence-electron chi connectivity index (χ4n) is 2.72. The molecule has 0 aromatic heterocycles. The summed E-state index contributed by atoms with van der Waals surface area (Å²) in [7, 11) is 4.92. The molecule has 0 aliphatic rings. The largest absolute Gasteiger partial charge is 0.496 e. The number of hydrogen-bond acceptors (Lipinski definition) is 3. The van der Waals surface area contributed by atoms with E-state index in [2.05, 4.69) is 18.6 Å². The number of benzene rings is 2. The minimum absolute atomic E-state index is 0.531. The van der Waals surface area contributed by atoms with E-state index in [0.29, 0.717) is 17.9 Å². The van der Waals surface area contributed by atoms with Crippen molar-refractivity contribution in [1.82, 2.24) is 0 Å². The Morgan fingerprint density at radius 1 is 1.04 bits per heavy atom. The Balaban J connectivity index is 2.65. The zero-order valence-corrected chi connectivity index (χ0v) is 14.4. The second kappa shape index (κ2) is 8.12. The monoisotopic (exact) mass is 322 g/mol. The number of hydrogen-bond donors (Lipinski definition) is 0. The van der Waals surface area contributed by atoms with Gasteiger partial charge in [0, 0.05) is 12.0 Å². The molecule has 0 N–H and O–H groups in total. The van der Waals surface area contributed by atoms with Crippen molar-refractivity contribution >= 4 is 0 Å². The molecule has 3 heteroatoms. The van der Waals surface area contributed by atoms with Crippen LogP contribution in [0.3, 0.4) is 0 Å². The number of terminal acetylenes is 1. The highest BCUT2D eigenvalue weighted by Gasteiger charge is 2.15. The summed E-state index contributed by atoms with van der Waals surface area (Å²) in [5.74, 6) is 4.86. The average Bonchev–Trinajstić information content (AvgIpc) is 2.61. The maximum Gasteiger partial charge on any atom is 0.168 e.